The standard InChI is InChI=1S/C52H94O6/c1-4-7-10-13-16-19-22-24-26-27-29-30-33-36-39-42-45-51(54)57-48-49(47-56-50(53)44-41-38-35-32-21-18-15-12-9-6-3)58-52(55)46-43-40-37-34-31-28-25-23-20-17-14-11-8-5-2/h12,15,19,22,26-27,49H,4-11,13-14,16-18,20-21,23-25,28-48H2,1-3H3/b15-12-,22-19-,27-26-. The second-order valence-corrected chi connectivity index (χ2v) is 16.7. The average Bonchev–Trinajstić information content (AvgIpc) is 3.22. The van der Waals surface area contributed by atoms with Crippen molar-refractivity contribution in [2.75, 3.05) is 13.2 Å². The molecule has 0 spiro atoms. The first-order valence-electron chi connectivity index (χ1n) is 25.0. The molecule has 0 bridgehead atoms. The second-order valence-electron chi connectivity index (χ2n) is 16.7. The van der Waals surface area contributed by atoms with E-state index in [4.69, 9.17) is 14.2 Å². The van der Waals surface area contributed by atoms with Gasteiger partial charge in [0.25, 0.3) is 0 Å². The molecule has 0 aliphatic rings. The number of ether oxygens (including phenoxy) is 3. The summed E-state index contributed by atoms with van der Waals surface area (Å²) in [5, 5.41) is 0. The molecular weight excluding hydrogens is 721 g/mol. The van der Waals surface area contributed by atoms with Crippen LogP contribution in [0.25, 0.3) is 0 Å². The topological polar surface area (TPSA) is 78.9 Å². The van der Waals surface area contributed by atoms with Gasteiger partial charge in [0.05, 0.1) is 0 Å². The number of carbonyl (C=O) groups excluding carboxylic acids is 3. The fraction of sp³-hybridized carbons (Fsp3) is 0.827. The van der Waals surface area contributed by atoms with E-state index in [9.17, 15) is 14.4 Å². The van der Waals surface area contributed by atoms with Crippen LogP contribution in [0.3, 0.4) is 0 Å². The molecule has 1 unspecified atom stereocenters. The molecule has 0 aromatic heterocycles. The highest BCUT2D eigenvalue weighted by Crippen LogP contribution is 2.15. The first kappa shape index (κ1) is 55.6. The van der Waals surface area contributed by atoms with Crippen molar-refractivity contribution >= 4 is 17.9 Å². The van der Waals surface area contributed by atoms with E-state index >= 15 is 0 Å². The van der Waals surface area contributed by atoms with Crippen LogP contribution in [-0.2, 0) is 28.6 Å². The zero-order chi connectivity index (χ0) is 42.3. The highest BCUT2D eigenvalue weighted by atomic mass is 16.6. The van der Waals surface area contributed by atoms with Crippen LogP contribution in [0.5, 0.6) is 0 Å². The zero-order valence-electron chi connectivity index (χ0n) is 38.6. The molecule has 6 nitrogen and oxygen atoms in total. The summed E-state index contributed by atoms with van der Waals surface area (Å²) in [4.78, 5) is 37.8. The Balaban J connectivity index is 4.36. The minimum Gasteiger partial charge on any atom is -0.462 e. The third-order valence-corrected chi connectivity index (χ3v) is 10.8. The maximum atomic E-state index is 12.8. The van der Waals surface area contributed by atoms with E-state index in [0.717, 1.165) is 89.9 Å². The van der Waals surface area contributed by atoms with Crippen LogP contribution >= 0.6 is 0 Å². The van der Waals surface area contributed by atoms with Gasteiger partial charge in [-0.05, 0) is 70.6 Å². The summed E-state index contributed by atoms with van der Waals surface area (Å²) in [7, 11) is 0. The molecule has 0 fully saturated rings. The first-order valence-corrected chi connectivity index (χ1v) is 25.0. The summed E-state index contributed by atoms with van der Waals surface area (Å²) in [6.45, 7) is 6.55. The van der Waals surface area contributed by atoms with Gasteiger partial charge < -0.3 is 14.2 Å². The Morgan fingerprint density at radius 2 is 0.655 bits per heavy atom. The molecule has 0 aromatic carbocycles. The highest BCUT2D eigenvalue weighted by Gasteiger charge is 2.19. The van der Waals surface area contributed by atoms with Gasteiger partial charge in [0, 0.05) is 19.3 Å². The summed E-state index contributed by atoms with van der Waals surface area (Å²) in [5.74, 6) is -0.895. The van der Waals surface area contributed by atoms with Crippen molar-refractivity contribution in [3.05, 3.63) is 36.5 Å². The number of allylic oxidation sites excluding steroid dienone is 6. The largest absolute Gasteiger partial charge is 0.462 e. The third kappa shape index (κ3) is 44.7. The van der Waals surface area contributed by atoms with E-state index in [1.807, 2.05) is 0 Å². The molecule has 1 atom stereocenters. The van der Waals surface area contributed by atoms with E-state index in [2.05, 4.69) is 57.2 Å². The van der Waals surface area contributed by atoms with Gasteiger partial charge in [0.15, 0.2) is 6.10 Å². The lowest BCUT2D eigenvalue weighted by molar-refractivity contribution is -0.167. The van der Waals surface area contributed by atoms with Crippen molar-refractivity contribution in [2.45, 2.75) is 264 Å². The van der Waals surface area contributed by atoms with Crippen molar-refractivity contribution in [1.29, 1.82) is 0 Å². The zero-order valence-corrected chi connectivity index (χ0v) is 38.6. The molecule has 0 aliphatic carbocycles. The molecule has 0 aliphatic heterocycles. The Morgan fingerprint density at radius 3 is 1.05 bits per heavy atom. The maximum Gasteiger partial charge on any atom is 0.306 e. The van der Waals surface area contributed by atoms with Gasteiger partial charge in [-0.25, -0.2) is 0 Å². The normalized spacial score (nSPS) is 12.3. The van der Waals surface area contributed by atoms with E-state index in [1.54, 1.807) is 0 Å². The number of hydrogen-bond acceptors (Lipinski definition) is 6. The van der Waals surface area contributed by atoms with Crippen LogP contribution in [0, 0.1) is 0 Å². The number of hydrogen-bond donors (Lipinski definition) is 0. The SMILES string of the molecule is CCC/C=C\CCCCCCCC(=O)OCC(COC(=O)CCCCCCC/C=C\C/C=C\CCCCCC)OC(=O)CCCCCCCCCCCCCCCC. The minimum absolute atomic E-state index is 0.0789. The molecule has 6 heteroatoms. The Morgan fingerprint density at radius 1 is 0.345 bits per heavy atom. The number of esters is 3. The number of carbonyl (C=O) groups is 3. The van der Waals surface area contributed by atoms with Crippen molar-refractivity contribution < 1.29 is 28.6 Å². The van der Waals surface area contributed by atoms with E-state index in [0.29, 0.717) is 19.3 Å². The van der Waals surface area contributed by atoms with Gasteiger partial charge >= 0.3 is 17.9 Å². The lowest BCUT2D eigenvalue weighted by atomic mass is 10.0. The van der Waals surface area contributed by atoms with Crippen molar-refractivity contribution in [1.82, 2.24) is 0 Å². The molecule has 58 heavy (non-hydrogen) atoms. The van der Waals surface area contributed by atoms with E-state index < -0.39 is 6.10 Å². The van der Waals surface area contributed by atoms with Gasteiger partial charge in [0.2, 0.25) is 0 Å². The molecule has 0 saturated carbocycles. The van der Waals surface area contributed by atoms with Gasteiger partial charge in [-0.3, -0.25) is 14.4 Å². The van der Waals surface area contributed by atoms with Gasteiger partial charge in [-0.1, -0.05) is 205 Å². The fourth-order valence-electron chi connectivity index (χ4n) is 7.06. The van der Waals surface area contributed by atoms with Gasteiger partial charge in [0.1, 0.15) is 13.2 Å². The highest BCUT2D eigenvalue weighted by molar-refractivity contribution is 5.71. The first-order chi connectivity index (χ1) is 28.5. The molecule has 0 saturated heterocycles. The third-order valence-electron chi connectivity index (χ3n) is 10.8. The predicted octanol–water partition coefficient (Wildman–Crippen LogP) is 16.1. The van der Waals surface area contributed by atoms with Crippen LogP contribution in [-0.4, -0.2) is 37.2 Å². The Bertz CT molecular complexity index is 984. The quantitative estimate of drug-likeness (QED) is 0.0264. The summed E-state index contributed by atoms with van der Waals surface area (Å²) in [6.07, 6.45) is 54.1. The summed E-state index contributed by atoms with van der Waals surface area (Å²) in [6, 6.07) is 0. The van der Waals surface area contributed by atoms with Gasteiger partial charge in [-0.2, -0.15) is 0 Å². The predicted molar refractivity (Wildman–Crippen MR) is 247 cm³/mol. The van der Waals surface area contributed by atoms with Crippen LogP contribution in [0.1, 0.15) is 258 Å². The summed E-state index contributed by atoms with van der Waals surface area (Å²) in [5.41, 5.74) is 0. The smallest absolute Gasteiger partial charge is 0.306 e. The average molecular weight is 815 g/mol. The lowest BCUT2D eigenvalue weighted by Gasteiger charge is -2.18. The Labute approximate surface area is 359 Å². The van der Waals surface area contributed by atoms with Crippen molar-refractivity contribution in [2.24, 2.45) is 0 Å². The van der Waals surface area contributed by atoms with Crippen molar-refractivity contribution in [3.8, 4) is 0 Å². The molecular formula is C52H94O6. The second kappa shape index (κ2) is 47.3. The molecule has 0 N–H and O–H groups in total. The van der Waals surface area contributed by atoms with Crippen LogP contribution in [0.2, 0.25) is 0 Å². The molecule has 0 rings (SSSR count). The van der Waals surface area contributed by atoms with Crippen LogP contribution in [0.4, 0.5) is 0 Å². The summed E-state index contributed by atoms with van der Waals surface area (Å²) >= 11 is 0. The molecule has 0 amide bonds. The monoisotopic (exact) mass is 815 g/mol. The Hall–Kier alpha value is -2.37. The molecule has 0 aromatic rings. The molecule has 0 radical (unpaired) electrons. The van der Waals surface area contributed by atoms with Crippen LogP contribution < -0.4 is 0 Å². The van der Waals surface area contributed by atoms with Gasteiger partial charge in [-0.15, -0.1) is 0 Å². The number of unbranched alkanes of at least 4 members (excludes halogenated alkanes) is 28. The maximum absolute atomic E-state index is 12.8. The van der Waals surface area contributed by atoms with Crippen LogP contribution in [0.15, 0.2) is 36.5 Å². The minimum atomic E-state index is -0.776. The van der Waals surface area contributed by atoms with E-state index in [1.165, 1.54) is 128 Å². The van der Waals surface area contributed by atoms with E-state index in [-0.39, 0.29) is 31.1 Å². The molecule has 338 valence electrons. The molecule has 0 heterocycles. The Kier molecular flexibility index (Phi) is 45.4. The van der Waals surface area contributed by atoms with Crippen molar-refractivity contribution in [3.63, 3.8) is 0 Å². The fourth-order valence-corrected chi connectivity index (χ4v) is 7.06. The summed E-state index contributed by atoms with van der Waals surface area (Å²) < 4.78 is 16.7. The number of rotatable bonds is 45. The lowest BCUT2D eigenvalue weighted by Crippen LogP contribution is -2.30.